The zero-order chi connectivity index (χ0) is 15.6. The number of rotatable bonds is 2. The maximum atomic E-state index is 9.66. The first-order valence-electron chi connectivity index (χ1n) is 7.19. The van der Waals surface area contributed by atoms with E-state index >= 15 is 0 Å². The van der Waals surface area contributed by atoms with Gasteiger partial charge in [0.2, 0.25) is 5.95 Å². The fourth-order valence-electron chi connectivity index (χ4n) is 2.75. The number of aromatic nitrogens is 3. The Labute approximate surface area is 132 Å². The molecule has 0 spiro atoms. The highest BCUT2D eigenvalue weighted by Gasteiger charge is 2.33. The summed E-state index contributed by atoms with van der Waals surface area (Å²) in [5.41, 5.74) is 2.87. The molecule has 3 aromatic rings. The van der Waals surface area contributed by atoms with Crippen LogP contribution < -0.4 is 0 Å². The van der Waals surface area contributed by atoms with Crippen LogP contribution in [0.2, 0.25) is 0 Å². The molecule has 1 aliphatic heterocycles. The van der Waals surface area contributed by atoms with Crippen molar-refractivity contribution in [2.75, 3.05) is 0 Å². The summed E-state index contributed by atoms with van der Waals surface area (Å²) in [5, 5.41) is 17.4. The van der Waals surface area contributed by atoms with E-state index in [4.69, 9.17) is 0 Å². The van der Waals surface area contributed by atoms with Gasteiger partial charge in [0.15, 0.2) is 0 Å². The summed E-state index contributed by atoms with van der Waals surface area (Å²) >= 11 is 0. The molecule has 1 atom stereocenters. The first-order valence-corrected chi connectivity index (χ1v) is 7.19. The number of hydrogen-bond acceptors (Lipinski definition) is 5. The van der Waals surface area contributed by atoms with Crippen LogP contribution in [0.5, 0.6) is 0 Å². The van der Waals surface area contributed by atoms with Crippen molar-refractivity contribution in [3.8, 4) is 0 Å². The minimum atomic E-state index is -0.369. The van der Waals surface area contributed by atoms with Crippen molar-refractivity contribution in [2.24, 2.45) is 10.1 Å². The molecule has 0 radical (unpaired) electrons. The fraction of sp³-hybridized carbons (Fsp3) is 0.0588. The maximum Gasteiger partial charge on any atom is 0.249 e. The number of fused-ring (bicyclic) bond motifs is 1. The van der Waals surface area contributed by atoms with Crippen molar-refractivity contribution in [3.05, 3.63) is 78.1 Å². The van der Waals surface area contributed by atoms with Gasteiger partial charge in [0.25, 0.3) is 0 Å². The van der Waals surface area contributed by atoms with E-state index in [-0.39, 0.29) is 6.04 Å². The highest BCUT2D eigenvalue weighted by atomic mass is 16.4. The van der Waals surface area contributed by atoms with Crippen molar-refractivity contribution in [1.29, 1.82) is 0 Å². The second-order valence-electron chi connectivity index (χ2n) is 5.13. The van der Waals surface area contributed by atoms with E-state index in [9.17, 15) is 5.21 Å². The van der Waals surface area contributed by atoms with Crippen LogP contribution in [0.3, 0.4) is 0 Å². The van der Waals surface area contributed by atoms with Gasteiger partial charge < -0.3 is 5.21 Å². The lowest BCUT2D eigenvalue weighted by atomic mass is 9.94. The first-order chi connectivity index (χ1) is 11.4. The molecule has 1 aromatic heterocycles. The molecule has 0 bridgehead atoms. The highest BCUT2D eigenvalue weighted by molar-refractivity contribution is 6.50. The van der Waals surface area contributed by atoms with E-state index in [0.717, 1.165) is 11.1 Å². The summed E-state index contributed by atoms with van der Waals surface area (Å²) in [6.45, 7) is 0. The van der Waals surface area contributed by atoms with Gasteiger partial charge in [-0.25, -0.2) is 9.67 Å². The van der Waals surface area contributed by atoms with Crippen LogP contribution in [0, 0.1) is 0 Å². The van der Waals surface area contributed by atoms with Gasteiger partial charge >= 0.3 is 0 Å². The summed E-state index contributed by atoms with van der Waals surface area (Å²) in [6.07, 6.45) is 1.46. The molecular weight excluding hydrogens is 290 g/mol. The van der Waals surface area contributed by atoms with Crippen LogP contribution in [0.15, 0.2) is 77.1 Å². The van der Waals surface area contributed by atoms with Crippen molar-refractivity contribution < 1.29 is 5.21 Å². The summed E-state index contributed by atoms with van der Waals surface area (Å²) in [6, 6.07) is 19.0. The third kappa shape index (κ3) is 2.20. The number of aliphatic imine (C=N–C) groups is 1. The van der Waals surface area contributed by atoms with Gasteiger partial charge in [-0.15, -0.1) is 0 Å². The lowest BCUT2D eigenvalue weighted by Gasteiger charge is -2.24. The predicted molar refractivity (Wildman–Crippen MR) is 86.5 cm³/mol. The average Bonchev–Trinajstić information content (AvgIpc) is 3.09. The van der Waals surface area contributed by atoms with Crippen LogP contribution in [0.4, 0.5) is 5.95 Å². The van der Waals surface area contributed by atoms with Crippen LogP contribution in [0.1, 0.15) is 17.2 Å². The second kappa shape index (κ2) is 5.49. The Morgan fingerprint density at radius 1 is 0.957 bits per heavy atom. The van der Waals surface area contributed by atoms with Crippen molar-refractivity contribution in [1.82, 2.24) is 14.8 Å². The second-order valence-corrected chi connectivity index (χ2v) is 5.13. The summed E-state index contributed by atoms with van der Waals surface area (Å²) in [7, 11) is 0. The van der Waals surface area contributed by atoms with E-state index in [2.05, 4.69) is 20.2 Å². The number of nitrogens with zero attached hydrogens (tertiary/aromatic N) is 5. The summed E-state index contributed by atoms with van der Waals surface area (Å²) in [4.78, 5) is 8.72. The van der Waals surface area contributed by atoms with Crippen molar-refractivity contribution >= 4 is 17.4 Å². The molecule has 4 rings (SSSR count). The molecular formula is C17H13N5O. The molecule has 0 fully saturated rings. The topological polar surface area (TPSA) is 75.7 Å². The van der Waals surface area contributed by atoms with Crippen LogP contribution >= 0.6 is 0 Å². The van der Waals surface area contributed by atoms with Gasteiger partial charge in [-0.2, -0.15) is 10.1 Å². The van der Waals surface area contributed by atoms with Crippen molar-refractivity contribution in [2.45, 2.75) is 6.04 Å². The van der Waals surface area contributed by atoms with E-state index in [1.165, 1.54) is 6.33 Å². The molecule has 23 heavy (non-hydrogen) atoms. The molecule has 2 aromatic carbocycles. The molecule has 6 heteroatoms. The Bertz CT molecular complexity index is 884. The smallest absolute Gasteiger partial charge is 0.249 e. The monoisotopic (exact) mass is 303 g/mol. The lowest BCUT2D eigenvalue weighted by molar-refractivity contribution is 0.316. The minimum Gasteiger partial charge on any atom is -0.411 e. The van der Waals surface area contributed by atoms with Crippen LogP contribution in [0.25, 0.3) is 0 Å². The van der Waals surface area contributed by atoms with E-state index in [1.807, 2.05) is 60.7 Å². The molecule has 0 saturated heterocycles. The third-order valence-electron chi connectivity index (χ3n) is 3.78. The lowest BCUT2D eigenvalue weighted by Crippen LogP contribution is -2.32. The Kier molecular flexibility index (Phi) is 3.20. The highest BCUT2D eigenvalue weighted by Crippen LogP contribution is 2.30. The van der Waals surface area contributed by atoms with Gasteiger partial charge in [-0.3, -0.25) is 0 Å². The fourth-order valence-corrected chi connectivity index (χ4v) is 2.75. The Morgan fingerprint density at radius 3 is 2.35 bits per heavy atom. The molecule has 0 unspecified atom stereocenters. The standard InChI is InChI=1S/C17H13N5O/c23-21-15-14(12-7-3-1-4-8-12)20-17-18-11-19-22(17)16(15)13-9-5-2-6-10-13/h1-11,16,23H/b21-15-/t16-/m1/s1. The largest absolute Gasteiger partial charge is 0.411 e. The summed E-state index contributed by atoms with van der Waals surface area (Å²) < 4.78 is 1.66. The molecule has 0 aliphatic carbocycles. The van der Waals surface area contributed by atoms with E-state index < -0.39 is 0 Å². The molecule has 1 N–H and O–H groups in total. The first kappa shape index (κ1) is 13.4. The molecule has 112 valence electrons. The molecule has 2 heterocycles. The predicted octanol–water partition coefficient (Wildman–Crippen LogP) is 2.83. The molecule has 0 amide bonds. The number of hydrogen-bond donors (Lipinski definition) is 1. The van der Waals surface area contributed by atoms with Gasteiger partial charge in [0.05, 0.1) is 0 Å². The summed E-state index contributed by atoms with van der Waals surface area (Å²) in [5.74, 6) is 0.491. The SMILES string of the molecule is O/N=C1/C(c2ccccc2)=Nc2ncnn2[C@@H]1c1ccccc1. The third-order valence-corrected chi connectivity index (χ3v) is 3.78. The zero-order valence-electron chi connectivity index (χ0n) is 12.1. The quantitative estimate of drug-likeness (QED) is 0.584. The number of benzene rings is 2. The molecule has 1 aliphatic rings. The normalized spacial score (nSPS) is 18.5. The minimum absolute atomic E-state index is 0.369. The molecule has 6 nitrogen and oxygen atoms in total. The average molecular weight is 303 g/mol. The van der Waals surface area contributed by atoms with Gasteiger partial charge in [0, 0.05) is 5.56 Å². The van der Waals surface area contributed by atoms with Gasteiger partial charge in [-0.05, 0) is 5.56 Å². The maximum absolute atomic E-state index is 9.66. The van der Waals surface area contributed by atoms with E-state index in [0.29, 0.717) is 17.4 Å². The Hall–Kier alpha value is -3.28. The Balaban J connectivity index is 1.93. The zero-order valence-corrected chi connectivity index (χ0v) is 12.1. The van der Waals surface area contributed by atoms with Crippen LogP contribution in [-0.2, 0) is 0 Å². The number of oxime groups is 1. The van der Waals surface area contributed by atoms with Gasteiger partial charge in [0.1, 0.15) is 23.8 Å². The molecule has 0 saturated carbocycles. The van der Waals surface area contributed by atoms with Gasteiger partial charge in [-0.1, -0.05) is 65.8 Å². The Morgan fingerprint density at radius 2 is 1.65 bits per heavy atom. The van der Waals surface area contributed by atoms with Crippen LogP contribution in [-0.4, -0.2) is 31.4 Å². The van der Waals surface area contributed by atoms with Crippen molar-refractivity contribution in [3.63, 3.8) is 0 Å². The van der Waals surface area contributed by atoms with E-state index in [1.54, 1.807) is 4.68 Å².